The first-order chi connectivity index (χ1) is 7.52. The molecule has 1 rings (SSSR count). The zero-order chi connectivity index (χ0) is 12.3. The highest BCUT2D eigenvalue weighted by Crippen LogP contribution is 2.29. The van der Waals surface area contributed by atoms with Crippen LogP contribution in [-0.2, 0) is 4.74 Å². The number of pyridine rings is 1. The van der Waals surface area contributed by atoms with Crippen LogP contribution < -0.4 is 0 Å². The topological polar surface area (TPSA) is 63.0 Å². The summed E-state index contributed by atoms with van der Waals surface area (Å²) in [5.41, 5.74) is -1.14. The molecule has 16 heavy (non-hydrogen) atoms. The Morgan fingerprint density at radius 2 is 2.31 bits per heavy atom. The molecule has 0 N–H and O–H groups in total. The van der Waals surface area contributed by atoms with Gasteiger partial charge in [-0.1, -0.05) is 0 Å². The van der Waals surface area contributed by atoms with E-state index < -0.39 is 23.7 Å². The monoisotopic (exact) mass is 290 g/mol. The van der Waals surface area contributed by atoms with Crippen LogP contribution in [0.5, 0.6) is 0 Å². The van der Waals surface area contributed by atoms with Gasteiger partial charge in [0.2, 0.25) is 0 Å². The van der Waals surface area contributed by atoms with E-state index in [0.29, 0.717) is 0 Å². The molecule has 84 valence electrons. The Bertz CT molecular complexity index is 471. The number of nitrogens with zero attached hydrogens (tertiary/aromatic N) is 2. The van der Waals surface area contributed by atoms with Crippen molar-refractivity contribution >= 4 is 21.9 Å². The summed E-state index contributed by atoms with van der Waals surface area (Å²) in [5.74, 6) is -0.966. The molecule has 0 fully saturated rings. The molecule has 0 saturated heterocycles. The number of alkyl halides is 2. The summed E-state index contributed by atoms with van der Waals surface area (Å²) in [6.07, 6.45) is -1.95. The average Bonchev–Trinajstić information content (AvgIpc) is 2.27. The predicted octanol–water partition coefficient (Wildman–Crippen LogP) is 2.44. The molecule has 0 atom stereocenters. The van der Waals surface area contributed by atoms with Crippen molar-refractivity contribution in [2.45, 2.75) is 6.43 Å². The molecule has 0 saturated carbocycles. The Hall–Kier alpha value is -1.55. The van der Waals surface area contributed by atoms with E-state index in [0.717, 1.165) is 13.3 Å². The third-order valence-corrected chi connectivity index (χ3v) is 2.59. The minimum atomic E-state index is -2.92. The Labute approximate surface area is 98.0 Å². The van der Waals surface area contributed by atoms with Crippen molar-refractivity contribution in [3.63, 3.8) is 0 Å². The lowest BCUT2D eigenvalue weighted by Gasteiger charge is -2.08. The van der Waals surface area contributed by atoms with Crippen molar-refractivity contribution in [1.29, 1.82) is 5.26 Å². The first-order valence-corrected chi connectivity index (χ1v) is 4.77. The molecule has 4 nitrogen and oxygen atoms in total. The minimum absolute atomic E-state index is 0.00944. The standard InChI is InChI=1S/C9H5BrF2N2O2/c1-16-9(15)5-6(10)4(2-13)3-14-7(5)8(11)12/h3,8H,1H3. The van der Waals surface area contributed by atoms with Gasteiger partial charge in [0.25, 0.3) is 6.43 Å². The normalized spacial score (nSPS) is 10.0. The number of esters is 1. The SMILES string of the molecule is COC(=O)c1c(C(F)F)ncc(C#N)c1Br. The number of aromatic nitrogens is 1. The summed E-state index contributed by atoms with van der Waals surface area (Å²) in [5, 5.41) is 8.67. The lowest BCUT2D eigenvalue weighted by atomic mass is 10.1. The van der Waals surface area contributed by atoms with E-state index in [4.69, 9.17) is 5.26 Å². The van der Waals surface area contributed by atoms with Gasteiger partial charge in [-0.25, -0.2) is 13.6 Å². The fourth-order valence-corrected chi connectivity index (χ4v) is 1.60. The van der Waals surface area contributed by atoms with Crippen LogP contribution in [0.2, 0.25) is 0 Å². The number of carbonyl (C=O) groups is 1. The van der Waals surface area contributed by atoms with Crippen LogP contribution in [0.1, 0.15) is 28.0 Å². The van der Waals surface area contributed by atoms with Gasteiger partial charge < -0.3 is 4.74 Å². The van der Waals surface area contributed by atoms with Crippen LogP contribution in [0, 0.1) is 11.3 Å². The van der Waals surface area contributed by atoms with Crippen molar-refractivity contribution in [3.8, 4) is 6.07 Å². The first kappa shape index (κ1) is 12.5. The number of hydrogen-bond donors (Lipinski definition) is 0. The number of hydrogen-bond acceptors (Lipinski definition) is 4. The molecule has 1 heterocycles. The molecule has 0 radical (unpaired) electrons. The van der Waals surface area contributed by atoms with E-state index in [1.54, 1.807) is 6.07 Å². The molecule has 0 bridgehead atoms. The lowest BCUT2D eigenvalue weighted by Crippen LogP contribution is -2.10. The molecule has 7 heteroatoms. The molecule has 0 aromatic carbocycles. The molecular formula is C9H5BrF2N2O2. The average molecular weight is 291 g/mol. The van der Waals surface area contributed by atoms with Crippen LogP contribution in [0.4, 0.5) is 8.78 Å². The highest BCUT2D eigenvalue weighted by molar-refractivity contribution is 9.10. The third kappa shape index (κ3) is 2.17. The summed E-state index contributed by atoms with van der Waals surface area (Å²) < 4.78 is 29.5. The Balaban J connectivity index is 3.50. The first-order valence-electron chi connectivity index (χ1n) is 3.97. The van der Waals surface area contributed by atoms with Crippen LogP contribution in [0.15, 0.2) is 10.7 Å². The van der Waals surface area contributed by atoms with E-state index in [9.17, 15) is 13.6 Å². The molecule has 0 unspecified atom stereocenters. The van der Waals surface area contributed by atoms with Gasteiger partial charge in [0.05, 0.1) is 17.1 Å². The van der Waals surface area contributed by atoms with Gasteiger partial charge in [-0.3, -0.25) is 4.98 Å². The minimum Gasteiger partial charge on any atom is -0.465 e. The zero-order valence-electron chi connectivity index (χ0n) is 8.00. The van der Waals surface area contributed by atoms with Crippen LogP contribution in [0.3, 0.4) is 0 Å². The van der Waals surface area contributed by atoms with Crippen molar-refractivity contribution < 1.29 is 18.3 Å². The van der Waals surface area contributed by atoms with Crippen molar-refractivity contribution in [2.75, 3.05) is 7.11 Å². The maximum absolute atomic E-state index is 12.6. The number of halogens is 3. The highest BCUT2D eigenvalue weighted by Gasteiger charge is 2.25. The number of rotatable bonds is 2. The van der Waals surface area contributed by atoms with E-state index in [-0.39, 0.29) is 10.0 Å². The molecule has 1 aromatic heterocycles. The molecule has 0 spiro atoms. The van der Waals surface area contributed by atoms with Crippen LogP contribution in [0.25, 0.3) is 0 Å². The number of ether oxygens (including phenoxy) is 1. The molecule has 0 aliphatic rings. The van der Waals surface area contributed by atoms with Crippen molar-refractivity contribution in [1.82, 2.24) is 4.98 Å². The largest absolute Gasteiger partial charge is 0.465 e. The molecular weight excluding hydrogens is 286 g/mol. The van der Waals surface area contributed by atoms with Gasteiger partial charge >= 0.3 is 5.97 Å². The Morgan fingerprint density at radius 1 is 1.69 bits per heavy atom. The van der Waals surface area contributed by atoms with Gasteiger partial charge in [0.15, 0.2) is 0 Å². The maximum Gasteiger partial charge on any atom is 0.341 e. The second-order valence-electron chi connectivity index (χ2n) is 2.65. The maximum atomic E-state index is 12.6. The van der Waals surface area contributed by atoms with Gasteiger partial charge in [-0.2, -0.15) is 5.26 Å². The van der Waals surface area contributed by atoms with Gasteiger partial charge in [-0.15, -0.1) is 0 Å². The summed E-state index contributed by atoms with van der Waals surface area (Å²) in [6, 6.07) is 1.72. The van der Waals surface area contributed by atoms with E-state index in [2.05, 4.69) is 25.7 Å². The van der Waals surface area contributed by atoms with Gasteiger partial charge in [0.1, 0.15) is 17.3 Å². The van der Waals surface area contributed by atoms with E-state index >= 15 is 0 Å². The Kier molecular flexibility index (Phi) is 3.90. The molecule has 0 amide bonds. The van der Waals surface area contributed by atoms with Crippen molar-refractivity contribution in [2.24, 2.45) is 0 Å². The summed E-state index contributed by atoms with van der Waals surface area (Å²) >= 11 is 2.91. The number of carbonyl (C=O) groups excluding carboxylic acids is 1. The Morgan fingerprint density at radius 3 is 2.75 bits per heavy atom. The number of nitriles is 1. The van der Waals surface area contributed by atoms with E-state index in [1.807, 2.05) is 0 Å². The fraction of sp³-hybridized carbons (Fsp3) is 0.222. The van der Waals surface area contributed by atoms with Crippen LogP contribution in [-0.4, -0.2) is 18.1 Å². The predicted molar refractivity (Wildman–Crippen MR) is 52.9 cm³/mol. The smallest absolute Gasteiger partial charge is 0.341 e. The van der Waals surface area contributed by atoms with Crippen molar-refractivity contribution in [3.05, 3.63) is 27.5 Å². The third-order valence-electron chi connectivity index (χ3n) is 1.76. The number of methoxy groups -OCH3 is 1. The second-order valence-corrected chi connectivity index (χ2v) is 3.44. The summed E-state index contributed by atoms with van der Waals surface area (Å²) in [4.78, 5) is 14.7. The van der Waals surface area contributed by atoms with Gasteiger partial charge in [-0.05, 0) is 15.9 Å². The highest BCUT2D eigenvalue weighted by atomic mass is 79.9. The quantitative estimate of drug-likeness (QED) is 0.785. The fourth-order valence-electron chi connectivity index (χ4n) is 1.04. The zero-order valence-corrected chi connectivity index (χ0v) is 9.59. The molecule has 0 aliphatic carbocycles. The lowest BCUT2D eigenvalue weighted by molar-refractivity contribution is 0.0586. The molecule has 1 aromatic rings. The second kappa shape index (κ2) is 4.99. The summed E-state index contributed by atoms with van der Waals surface area (Å²) in [6.45, 7) is 0. The summed E-state index contributed by atoms with van der Waals surface area (Å²) in [7, 11) is 1.06. The van der Waals surface area contributed by atoms with Crippen LogP contribution >= 0.6 is 15.9 Å². The van der Waals surface area contributed by atoms with Gasteiger partial charge in [0, 0.05) is 6.20 Å². The molecule has 0 aliphatic heterocycles. The van der Waals surface area contributed by atoms with E-state index in [1.165, 1.54) is 0 Å².